The number of anilines is 1. The van der Waals surface area contributed by atoms with Crippen molar-refractivity contribution in [3.8, 4) is 0 Å². The number of benzene rings is 1. The largest absolute Gasteiger partial charge is 0.480 e. The highest BCUT2D eigenvalue weighted by molar-refractivity contribution is 7.89. The van der Waals surface area contributed by atoms with E-state index in [0.717, 1.165) is 18.8 Å². The number of nitrogens with two attached hydrogens (primary N) is 1. The SMILES string of the molecule is N[C@@H](CNS(=O)(=O)c1ccc(N2CCOCC2)cc1)C(=O)O. The number of rotatable bonds is 6. The van der Waals surface area contributed by atoms with Gasteiger partial charge < -0.3 is 20.5 Å². The quantitative estimate of drug-likeness (QED) is 0.625. The van der Waals surface area contributed by atoms with Gasteiger partial charge in [-0.3, -0.25) is 4.79 Å². The molecule has 0 aliphatic carbocycles. The first-order valence-corrected chi connectivity index (χ1v) is 8.29. The van der Waals surface area contributed by atoms with Gasteiger partial charge in [0.15, 0.2) is 0 Å². The second-order valence-electron chi connectivity index (χ2n) is 4.89. The molecule has 1 heterocycles. The Kier molecular flexibility index (Phi) is 5.35. The first-order chi connectivity index (χ1) is 10.4. The highest BCUT2D eigenvalue weighted by Crippen LogP contribution is 2.18. The summed E-state index contributed by atoms with van der Waals surface area (Å²) in [6.45, 7) is 2.46. The van der Waals surface area contributed by atoms with Crippen LogP contribution in [0.1, 0.15) is 0 Å². The van der Waals surface area contributed by atoms with Gasteiger partial charge in [0.25, 0.3) is 0 Å². The number of nitrogens with one attached hydrogen (secondary N) is 1. The average molecular weight is 329 g/mol. The molecule has 8 nitrogen and oxygen atoms in total. The summed E-state index contributed by atoms with van der Waals surface area (Å²) in [6, 6.07) is 5.13. The van der Waals surface area contributed by atoms with E-state index in [0.29, 0.717) is 13.2 Å². The van der Waals surface area contributed by atoms with Crippen molar-refractivity contribution in [2.75, 3.05) is 37.7 Å². The molecule has 22 heavy (non-hydrogen) atoms. The number of hydrogen-bond acceptors (Lipinski definition) is 6. The van der Waals surface area contributed by atoms with E-state index in [1.54, 1.807) is 12.1 Å². The standard InChI is InChI=1S/C13H19N3O5S/c14-12(13(17)18)9-15-22(19,20)11-3-1-10(2-4-11)16-5-7-21-8-6-16/h1-4,12,15H,5-9,14H2,(H,17,18)/t12-/m0/s1. The van der Waals surface area contributed by atoms with Crippen molar-refractivity contribution < 1.29 is 23.1 Å². The maximum Gasteiger partial charge on any atom is 0.321 e. The fourth-order valence-corrected chi connectivity index (χ4v) is 3.09. The summed E-state index contributed by atoms with van der Waals surface area (Å²) in [7, 11) is -3.77. The normalized spacial score (nSPS) is 17.2. The molecule has 1 aliphatic rings. The van der Waals surface area contributed by atoms with Gasteiger partial charge in [-0.2, -0.15) is 0 Å². The average Bonchev–Trinajstić information content (AvgIpc) is 2.53. The van der Waals surface area contributed by atoms with Crippen LogP contribution in [0.15, 0.2) is 29.2 Å². The van der Waals surface area contributed by atoms with Crippen LogP contribution in [0.2, 0.25) is 0 Å². The minimum atomic E-state index is -3.77. The summed E-state index contributed by atoms with van der Waals surface area (Å²) < 4.78 is 31.6. The molecule has 1 aromatic carbocycles. The summed E-state index contributed by atoms with van der Waals surface area (Å²) in [5.41, 5.74) is 6.20. The predicted molar refractivity (Wildman–Crippen MR) is 80.3 cm³/mol. The number of carbonyl (C=O) groups is 1. The zero-order chi connectivity index (χ0) is 16.2. The third kappa shape index (κ3) is 4.17. The molecule has 0 aromatic heterocycles. The topological polar surface area (TPSA) is 122 Å². The maximum absolute atomic E-state index is 12.1. The molecule has 1 fully saturated rings. The molecule has 2 rings (SSSR count). The molecule has 4 N–H and O–H groups in total. The lowest BCUT2D eigenvalue weighted by Crippen LogP contribution is -2.42. The second-order valence-corrected chi connectivity index (χ2v) is 6.66. The molecule has 0 bridgehead atoms. The minimum Gasteiger partial charge on any atom is -0.480 e. The molecule has 1 aliphatic heterocycles. The van der Waals surface area contributed by atoms with Crippen molar-refractivity contribution in [2.24, 2.45) is 5.73 Å². The zero-order valence-electron chi connectivity index (χ0n) is 11.9. The van der Waals surface area contributed by atoms with Crippen LogP contribution in [0.3, 0.4) is 0 Å². The highest BCUT2D eigenvalue weighted by atomic mass is 32.2. The van der Waals surface area contributed by atoms with E-state index in [1.807, 2.05) is 0 Å². The smallest absolute Gasteiger partial charge is 0.321 e. The van der Waals surface area contributed by atoms with Crippen LogP contribution in [-0.4, -0.2) is 58.4 Å². The van der Waals surface area contributed by atoms with Crippen LogP contribution in [0.4, 0.5) is 5.69 Å². The van der Waals surface area contributed by atoms with Crippen LogP contribution in [0.5, 0.6) is 0 Å². The lowest BCUT2D eigenvalue weighted by atomic mass is 10.2. The Morgan fingerprint density at radius 3 is 2.45 bits per heavy atom. The summed E-state index contributed by atoms with van der Waals surface area (Å²) in [5.74, 6) is -1.26. The van der Waals surface area contributed by atoms with E-state index >= 15 is 0 Å². The van der Waals surface area contributed by atoms with Gasteiger partial charge >= 0.3 is 5.97 Å². The van der Waals surface area contributed by atoms with Gasteiger partial charge in [-0.1, -0.05) is 0 Å². The molecule has 1 atom stereocenters. The molecule has 9 heteroatoms. The van der Waals surface area contributed by atoms with Crippen LogP contribution in [0.25, 0.3) is 0 Å². The molecule has 122 valence electrons. The Morgan fingerprint density at radius 2 is 1.91 bits per heavy atom. The fraction of sp³-hybridized carbons (Fsp3) is 0.462. The summed E-state index contributed by atoms with van der Waals surface area (Å²) >= 11 is 0. The van der Waals surface area contributed by atoms with Gasteiger partial charge in [-0.05, 0) is 24.3 Å². The molecule has 0 unspecified atom stereocenters. The third-order valence-electron chi connectivity index (χ3n) is 3.33. The first kappa shape index (κ1) is 16.7. The second kappa shape index (κ2) is 7.05. The van der Waals surface area contributed by atoms with Crippen molar-refractivity contribution in [1.82, 2.24) is 4.72 Å². The number of carboxylic acids is 1. The molecule has 0 spiro atoms. The summed E-state index contributed by atoms with van der Waals surface area (Å²) in [6.07, 6.45) is 0. The summed E-state index contributed by atoms with van der Waals surface area (Å²) in [5, 5.41) is 8.65. The third-order valence-corrected chi connectivity index (χ3v) is 4.77. The number of sulfonamides is 1. The first-order valence-electron chi connectivity index (χ1n) is 6.81. The molecule has 1 saturated heterocycles. The predicted octanol–water partition coefficient (Wildman–Crippen LogP) is -0.787. The Bertz CT molecular complexity index is 611. The number of nitrogens with zero attached hydrogens (tertiary/aromatic N) is 1. The Labute approximate surface area is 128 Å². The van der Waals surface area contributed by atoms with Gasteiger partial charge in [0.1, 0.15) is 6.04 Å². The van der Waals surface area contributed by atoms with Crippen LogP contribution in [-0.2, 0) is 19.6 Å². The van der Waals surface area contributed by atoms with E-state index in [9.17, 15) is 13.2 Å². The van der Waals surface area contributed by atoms with Gasteiger partial charge in [-0.25, -0.2) is 13.1 Å². The van der Waals surface area contributed by atoms with Gasteiger partial charge in [0, 0.05) is 25.3 Å². The van der Waals surface area contributed by atoms with E-state index in [2.05, 4.69) is 9.62 Å². The van der Waals surface area contributed by atoms with Crippen LogP contribution < -0.4 is 15.4 Å². The van der Waals surface area contributed by atoms with Gasteiger partial charge in [-0.15, -0.1) is 0 Å². The van der Waals surface area contributed by atoms with Gasteiger partial charge in [0.2, 0.25) is 10.0 Å². The van der Waals surface area contributed by atoms with Crippen molar-refractivity contribution >= 4 is 21.7 Å². The number of morpholine rings is 1. The van der Waals surface area contributed by atoms with Crippen LogP contribution in [0, 0.1) is 0 Å². The number of ether oxygens (including phenoxy) is 1. The minimum absolute atomic E-state index is 0.0714. The van der Waals surface area contributed by atoms with Crippen molar-refractivity contribution in [3.63, 3.8) is 0 Å². The van der Waals surface area contributed by atoms with Crippen molar-refractivity contribution in [1.29, 1.82) is 0 Å². The van der Waals surface area contributed by atoms with E-state index in [4.69, 9.17) is 15.6 Å². The molecular formula is C13H19N3O5S. The van der Waals surface area contributed by atoms with Gasteiger partial charge in [0.05, 0.1) is 18.1 Å². The van der Waals surface area contributed by atoms with E-state index in [1.165, 1.54) is 12.1 Å². The molecule has 0 radical (unpaired) electrons. The molecule has 0 amide bonds. The monoisotopic (exact) mass is 329 g/mol. The summed E-state index contributed by atoms with van der Waals surface area (Å²) in [4.78, 5) is 12.8. The number of carboxylic acid groups (broad SMARTS) is 1. The Morgan fingerprint density at radius 1 is 1.32 bits per heavy atom. The lowest BCUT2D eigenvalue weighted by molar-refractivity contribution is -0.138. The highest BCUT2D eigenvalue weighted by Gasteiger charge is 2.19. The van der Waals surface area contributed by atoms with Crippen molar-refractivity contribution in [2.45, 2.75) is 10.9 Å². The maximum atomic E-state index is 12.1. The lowest BCUT2D eigenvalue weighted by Gasteiger charge is -2.28. The zero-order valence-corrected chi connectivity index (χ0v) is 12.8. The fourth-order valence-electron chi connectivity index (χ4n) is 2.03. The molecular weight excluding hydrogens is 310 g/mol. The van der Waals surface area contributed by atoms with E-state index < -0.39 is 22.0 Å². The van der Waals surface area contributed by atoms with Crippen molar-refractivity contribution in [3.05, 3.63) is 24.3 Å². The Balaban J connectivity index is 2.03. The van der Waals surface area contributed by atoms with Crippen LogP contribution >= 0.6 is 0 Å². The number of aliphatic carboxylic acids is 1. The molecule has 1 aromatic rings. The van der Waals surface area contributed by atoms with E-state index in [-0.39, 0.29) is 11.4 Å². The number of hydrogen-bond donors (Lipinski definition) is 3. The molecule has 0 saturated carbocycles. The Hall–Kier alpha value is -1.68.